The van der Waals surface area contributed by atoms with Crippen molar-refractivity contribution in [3.63, 3.8) is 0 Å². The molecule has 0 aliphatic carbocycles. The summed E-state index contributed by atoms with van der Waals surface area (Å²) in [6.07, 6.45) is 3.80. The number of rotatable bonds is 6. The summed E-state index contributed by atoms with van der Waals surface area (Å²) in [5, 5.41) is 6.04. The van der Waals surface area contributed by atoms with Gasteiger partial charge in [-0.2, -0.15) is 0 Å². The number of likely N-dealkylation sites (tertiary alicyclic amines) is 1. The number of carbonyl (C=O) groups excluding carboxylic acids is 2. The second kappa shape index (κ2) is 9.87. The number of nitrogens with one attached hydrogen (secondary N) is 2. The number of pyridine rings is 1. The van der Waals surface area contributed by atoms with Crippen LogP contribution in [0.15, 0.2) is 18.3 Å². The topological polar surface area (TPSA) is 77.6 Å². The summed E-state index contributed by atoms with van der Waals surface area (Å²) < 4.78 is 0. The molecule has 7 heteroatoms. The minimum absolute atomic E-state index is 0.0746. The van der Waals surface area contributed by atoms with E-state index < -0.39 is 0 Å². The first-order valence-electron chi connectivity index (χ1n) is 10.1. The number of aromatic nitrogens is 1. The summed E-state index contributed by atoms with van der Waals surface area (Å²) in [5.74, 6) is 0.530. The van der Waals surface area contributed by atoms with E-state index in [-0.39, 0.29) is 17.5 Å². The number of hydrogen-bond donors (Lipinski definition) is 2. The number of aryl methyl sites for hydroxylation is 1. The van der Waals surface area contributed by atoms with Crippen molar-refractivity contribution in [2.24, 2.45) is 5.92 Å². The summed E-state index contributed by atoms with van der Waals surface area (Å²) in [4.78, 5) is 32.6. The number of hydrogen-bond acceptors (Lipinski definition) is 4. The van der Waals surface area contributed by atoms with Crippen LogP contribution >= 0.6 is 0 Å². The van der Waals surface area contributed by atoms with Crippen molar-refractivity contribution in [3.05, 3.63) is 29.6 Å². The van der Waals surface area contributed by atoms with Gasteiger partial charge in [-0.15, -0.1) is 0 Å². The lowest BCUT2D eigenvalue weighted by molar-refractivity contribution is -0.124. The summed E-state index contributed by atoms with van der Waals surface area (Å²) >= 11 is 0. The first-order chi connectivity index (χ1) is 13.1. The molecule has 0 radical (unpaired) electrons. The van der Waals surface area contributed by atoms with Gasteiger partial charge in [-0.25, -0.2) is 4.79 Å². The molecule has 1 fully saturated rings. The van der Waals surface area contributed by atoms with Crippen LogP contribution in [0.25, 0.3) is 0 Å². The van der Waals surface area contributed by atoms with Gasteiger partial charge < -0.3 is 15.5 Å². The lowest BCUT2D eigenvalue weighted by Crippen LogP contribution is -2.48. The zero-order valence-electron chi connectivity index (χ0n) is 17.9. The third-order valence-electron chi connectivity index (χ3n) is 4.85. The molecule has 1 aliphatic rings. The molecule has 0 atom stereocenters. The largest absolute Gasteiger partial charge is 0.350 e. The molecule has 7 nitrogen and oxygen atoms in total. The van der Waals surface area contributed by atoms with E-state index in [1.54, 1.807) is 11.9 Å². The monoisotopic (exact) mass is 389 g/mol. The molecule has 1 aliphatic heterocycles. The van der Waals surface area contributed by atoms with Gasteiger partial charge in [0.2, 0.25) is 5.91 Å². The van der Waals surface area contributed by atoms with Crippen LogP contribution in [-0.4, -0.2) is 65.5 Å². The molecule has 2 heterocycles. The molecule has 2 rings (SSSR count). The summed E-state index contributed by atoms with van der Waals surface area (Å²) in [6.45, 7) is 11.4. The Morgan fingerprint density at radius 1 is 1.25 bits per heavy atom. The Balaban J connectivity index is 1.66. The van der Waals surface area contributed by atoms with E-state index in [9.17, 15) is 9.59 Å². The van der Waals surface area contributed by atoms with E-state index in [4.69, 9.17) is 0 Å². The van der Waals surface area contributed by atoms with E-state index in [1.807, 2.05) is 46.0 Å². The van der Waals surface area contributed by atoms with Crippen molar-refractivity contribution in [2.75, 3.05) is 33.2 Å². The molecule has 0 spiro atoms. The van der Waals surface area contributed by atoms with Crippen LogP contribution in [0.5, 0.6) is 0 Å². The van der Waals surface area contributed by atoms with Gasteiger partial charge in [0, 0.05) is 25.3 Å². The second-order valence-electron chi connectivity index (χ2n) is 8.89. The van der Waals surface area contributed by atoms with E-state index in [1.165, 1.54) is 0 Å². The number of carbonyl (C=O) groups is 2. The van der Waals surface area contributed by atoms with Gasteiger partial charge >= 0.3 is 6.03 Å². The highest BCUT2D eigenvalue weighted by Gasteiger charge is 2.23. The molecule has 28 heavy (non-hydrogen) atoms. The predicted molar refractivity (Wildman–Crippen MR) is 111 cm³/mol. The number of nitrogens with zero attached hydrogens (tertiary/aromatic N) is 3. The molecule has 0 unspecified atom stereocenters. The lowest BCUT2D eigenvalue weighted by atomic mass is 9.97. The maximum absolute atomic E-state index is 12.3. The molecule has 3 amide bonds. The van der Waals surface area contributed by atoms with E-state index >= 15 is 0 Å². The van der Waals surface area contributed by atoms with Crippen LogP contribution in [0, 0.1) is 12.8 Å². The average Bonchev–Trinajstić information content (AvgIpc) is 2.61. The molecule has 0 bridgehead atoms. The minimum Gasteiger partial charge on any atom is -0.350 e. The average molecular weight is 390 g/mol. The fraction of sp³-hybridized carbons (Fsp3) is 0.667. The second-order valence-corrected chi connectivity index (χ2v) is 8.89. The van der Waals surface area contributed by atoms with Gasteiger partial charge in [-0.1, -0.05) is 6.07 Å². The van der Waals surface area contributed by atoms with Crippen LogP contribution in [-0.2, 0) is 11.3 Å². The van der Waals surface area contributed by atoms with Gasteiger partial charge in [0.05, 0.1) is 18.8 Å². The number of urea groups is 1. The van der Waals surface area contributed by atoms with Gasteiger partial charge in [-0.3, -0.25) is 14.7 Å². The van der Waals surface area contributed by atoms with Crippen LogP contribution in [0.3, 0.4) is 0 Å². The number of piperidine rings is 1. The predicted octanol–water partition coefficient (Wildman–Crippen LogP) is 2.16. The van der Waals surface area contributed by atoms with Crippen LogP contribution in [0.2, 0.25) is 0 Å². The van der Waals surface area contributed by atoms with E-state index in [0.717, 1.165) is 37.2 Å². The van der Waals surface area contributed by atoms with Crippen molar-refractivity contribution in [1.82, 2.24) is 25.4 Å². The summed E-state index contributed by atoms with van der Waals surface area (Å²) in [7, 11) is 1.79. The summed E-state index contributed by atoms with van der Waals surface area (Å²) in [5.41, 5.74) is 1.79. The van der Waals surface area contributed by atoms with Gasteiger partial charge in [0.25, 0.3) is 0 Å². The van der Waals surface area contributed by atoms with Crippen molar-refractivity contribution in [1.29, 1.82) is 0 Å². The van der Waals surface area contributed by atoms with Crippen molar-refractivity contribution < 1.29 is 9.59 Å². The fourth-order valence-electron chi connectivity index (χ4n) is 3.28. The Hall–Kier alpha value is -2.15. The standard InChI is InChI=1S/C21H35N5O2/c1-16-6-7-18(22-12-16)14-25(5)20(28)23-13-17-8-10-26(11-9-17)15-19(27)24-21(2,3)4/h6-7,12,17H,8-11,13-15H2,1-5H3,(H,23,28)(H,24,27). The Bertz CT molecular complexity index is 646. The van der Waals surface area contributed by atoms with Gasteiger partial charge in [0.1, 0.15) is 0 Å². The molecule has 2 N–H and O–H groups in total. The molecule has 0 aromatic carbocycles. The smallest absolute Gasteiger partial charge is 0.317 e. The van der Waals surface area contributed by atoms with Crippen LogP contribution < -0.4 is 10.6 Å². The quantitative estimate of drug-likeness (QED) is 0.782. The SMILES string of the molecule is Cc1ccc(CN(C)C(=O)NCC2CCN(CC(=O)NC(C)(C)C)CC2)nc1. The Labute approximate surface area is 168 Å². The maximum Gasteiger partial charge on any atom is 0.317 e. The van der Waals surface area contributed by atoms with Crippen LogP contribution in [0.4, 0.5) is 4.79 Å². The highest BCUT2D eigenvalue weighted by Crippen LogP contribution is 2.16. The van der Waals surface area contributed by atoms with Gasteiger partial charge in [-0.05, 0) is 71.2 Å². The van der Waals surface area contributed by atoms with Crippen molar-refractivity contribution >= 4 is 11.9 Å². The summed E-state index contributed by atoms with van der Waals surface area (Å²) in [6, 6.07) is 3.88. The maximum atomic E-state index is 12.3. The third-order valence-corrected chi connectivity index (χ3v) is 4.85. The first kappa shape index (κ1) is 22.1. The first-order valence-corrected chi connectivity index (χ1v) is 10.1. The molecule has 1 saturated heterocycles. The lowest BCUT2D eigenvalue weighted by Gasteiger charge is -2.32. The third kappa shape index (κ3) is 7.84. The molecule has 1 aromatic rings. The van der Waals surface area contributed by atoms with E-state index in [2.05, 4.69) is 20.5 Å². The Kier molecular flexibility index (Phi) is 7.80. The highest BCUT2D eigenvalue weighted by atomic mass is 16.2. The van der Waals surface area contributed by atoms with Crippen molar-refractivity contribution in [3.8, 4) is 0 Å². The zero-order valence-corrected chi connectivity index (χ0v) is 17.9. The van der Waals surface area contributed by atoms with Gasteiger partial charge in [0.15, 0.2) is 0 Å². The Morgan fingerprint density at radius 2 is 1.93 bits per heavy atom. The fourth-order valence-corrected chi connectivity index (χ4v) is 3.28. The number of amides is 3. The highest BCUT2D eigenvalue weighted by molar-refractivity contribution is 5.78. The van der Waals surface area contributed by atoms with Crippen molar-refractivity contribution in [2.45, 2.75) is 52.6 Å². The van der Waals surface area contributed by atoms with Crippen LogP contribution in [0.1, 0.15) is 44.9 Å². The molecule has 156 valence electrons. The molecular weight excluding hydrogens is 354 g/mol. The van der Waals surface area contributed by atoms with E-state index in [0.29, 0.717) is 25.6 Å². The molecule has 1 aromatic heterocycles. The normalized spacial score (nSPS) is 15.9. The zero-order chi connectivity index (χ0) is 20.7. The minimum atomic E-state index is -0.195. The Morgan fingerprint density at radius 3 is 2.50 bits per heavy atom. The molecular formula is C21H35N5O2. The molecule has 0 saturated carbocycles.